The summed E-state index contributed by atoms with van der Waals surface area (Å²) in [6.07, 6.45) is 3.05. The number of ether oxygens (including phenoxy) is 1. The molecule has 0 amide bonds. The van der Waals surface area contributed by atoms with E-state index in [-0.39, 0.29) is 16.6 Å². The summed E-state index contributed by atoms with van der Waals surface area (Å²) in [7, 11) is 1.38. The lowest BCUT2D eigenvalue weighted by Crippen LogP contribution is -2.05. The Kier molecular flexibility index (Phi) is 6.49. The lowest BCUT2D eigenvalue weighted by molar-refractivity contribution is -0.385. The number of nitrogens with zero attached hydrogens (tertiary/aromatic N) is 1. The first-order chi connectivity index (χ1) is 9.56. The zero-order valence-corrected chi connectivity index (χ0v) is 11.8. The van der Waals surface area contributed by atoms with Crippen LogP contribution in [0.1, 0.15) is 31.2 Å². The van der Waals surface area contributed by atoms with Gasteiger partial charge in [0.05, 0.1) is 12.0 Å². The molecule has 0 bridgehead atoms. The third-order valence-corrected chi connectivity index (χ3v) is 3.10. The molecule has 0 aliphatic heterocycles. The molecule has 0 saturated heterocycles. The maximum absolute atomic E-state index is 10.9. The number of rotatable bonds is 8. The molecule has 1 rings (SSSR count). The number of esters is 1. The summed E-state index contributed by atoms with van der Waals surface area (Å²) in [5.41, 5.74) is 1.56. The maximum Gasteiger partial charge on any atom is 0.305 e. The number of benzene rings is 1. The van der Waals surface area contributed by atoms with Crippen molar-refractivity contribution in [2.75, 3.05) is 19.0 Å². The third-order valence-electron chi connectivity index (χ3n) is 3.10. The highest BCUT2D eigenvalue weighted by atomic mass is 16.6. The highest BCUT2D eigenvalue weighted by molar-refractivity contribution is 5.69. The zero-order valence-electron chi connectivity index (χ0n) is 11.8. The Morgan fingerprint density at radius 1 is 1.35 bits per heavy atom. The molecule has 1 N–H and O–H groups in total. The van der Waals surface area contributed by atoms with E-state index in [9.17, 15) is 14.9 Å². The van der Waals surface area contributed by atoms with E-state index in [2.05, 4.69) is 10.1 Å². The van der Waals surface area contributed by atoms with Crippen LogP contribution in [0, 0.1) is 17.0 Å². The van der Waals surface area contributed by atoms with Gasteiger partial charge in [-0.15, -0.1) is 0 Å². The molecule has 0 spiro atoms. The molecule has 0 aliphatic carbocycles. The van der Waals surface area contributed by atoms with Gasteiger partial charge in [0, 0.05) is 30.3 Å². The van der Waals surface area contributed by atoms with Crippen LogP contribution in [0.5, 0.6) is 0 Å². The first-order valence-corrected chi connectivity index (χ1v) is 6.61. The average Bonchev–Trinajstić information content (AvgIpc) is 2.43. The van der Waals surface area contributed by atoms with Gasteiger partial charge in [-0.1, -0.05) is 12.5 Å². The molecule has 110 valence electrons. The number of nitro groups is 1. The van der Waals surface area contributed by atoms with Crippen LogP contribution in [0.4, 0.5) is 11.4 Å². The first-order valence-electron chi connectivity index (χ1n) is 6.61. The van der Waals surface area contributed by atoms with Crippen LogP contribution < -0.4 is 5.32 Å². The minimum absolute atomic E-state index is 0.126. The van der Waals surface area contributed by atoms with E-state index in [1.54, 1.807) is 13.0 Å². The average molecular weight is 280 g/mol. The van der Waals surface area contributed by atoms with E-state index in [1.807, 2.05) is 6.07 Å². The van der Waals surface area contributed by atoms with Crippen molar-refractivity contribution < 1.29 is 14.5 Å². The highest BCUT2D eigenvalue weighted by Crippen LogP contribution is 2.24. The number of nitro benzene ring substituents is 1. The number of hydrogen-bond acceptors (Lipinski definition) is 5. The Morgan fingerprint density at radius 3 is 2.75 bits per heavy atom. The quantitative estimate of drug-likeness (QED) is 0.342. The molecule has 0 saturated carbocycles. The van der Waals surface area contributed by atoms with Crippen molar-refractivity contribution in [2.45, 2.75) is 32.6 Å². The van der Waals surface area contributed by atoms with Crippen molar-refractivity contribution in [3.05, 3.63) is 33.9 Å². The first kappa shape index (κ1) is 15.9. The SMILES string of the molecule is COC(=O)CCCCCNc1cccc([N+](=O)[O-])c1C. The van der Waals surface area contributed by atoms with E-state index in [0.717, 1.165) is 31.5 Å². The van der Waals surface area contributed by atoms with E-state index < -0.39 is 0 Å². The van der Waals surface area contributed by atoms with Gasteiger partial charge in [-0.05, 0) is 25.8 Å². The number of carbonyl (C=O) groups excluding carboxylic acids is 1. The van der Waals surface area contributed by atoms with Gasteiger partial charge in [-0.3, -0.25) is 14.9 Å². The Morgan fingerprint density at radius 2 is 2.10 bits per heavy atom. The Hall–Kier alpha value is -2.11. The van der Waals surface area contributed by atoms with Crippen LogP contribution in [-0.2, 0) is 9.53 Å². The van der Waals surface area contributed by atoms with Gasteiger partial charge >= 0.3 is 5.97 Å². The summed E-state index contributed by atoms with van der Waals surface area (Å²) in [4.78, 5) is 21.3. The molecule has 6 nitrogen and oxygen atoms in total. The molecular weight excluding hydrogens is 260 g/mol. The number of carbonyl (C=O) groups is 1. The van der Waals surface area contributed by atoms with Gasteiger partial charge in [0.15, 0.2) is 0 Å². The van der Waals surface area contributed by atoms with Gasteiger partial charge in [0.1, 0.15) is 0 Å². The summed E-state index contributed by atoms with van der Waals surface area (Å²) in [6.45, 7) is 2.46. The van der Waals surface area contributed by atoms with Crippen LogP contribution >= 0.6 is 0 Å². The Balaban J connectivity index is 2.34. The van der Waals surface area contributed by atoms with Crippen LogP contribution in [0.15, 0.2) is 18.2 Å². The van der Waals surface area contributed by atoms with Crippen molar-refractivity contribution in [3.63, 3.8) is 0 Å². The van der Waals surface area contributed by atoms with Crippen LogP contribution in [0.2, 0.25) is 0 Å². The lowest BCUT2D eigenvalue weighted by atomic mass is 10.1. The van der Waals surface area contributed by atoms with E-state index in [0.29, 0.717) is 12.0 Å². The Bertz CT molecular complexity index is 474. The fourth-order valence-corrected chi connectivity index (χ4v) is 1.91. The molecule has 0 unspecified atom stereocenters. The lowest BCUT2D eigenvalue weighted by Gasteiger charge is -2.09. The summed E-state index contributed by atoms with van der Waals surface area (Å²) in [5.74, 6) is -0.188. The number of hydrogen-bond donors (Lipinski definition) is 1. The smallest absolute Gasteiger partial charge is 0.305 e. The molecule has 0 atom stereocenters. The summed E-state index contributed by atoms with van der Waals surface area (Å²) < 4.78 is 4.56. The summed E-state index contributed by atoms with van der Waals surface area (Å²) >= 11 is 0. The second kappa shape index (κ2) is 8.14. The minimum Gasteiger partial charge on any atom is -0.469 e. The third kappa shape index (κ3) is 4.87. The predicted octanol–water partition coefficient (Wildman–Crippen LogP) is 3.05. The van der Waals surface area contributed by atoms with Gasteiger partial charge in [0.25, 0.3) is 5.69 Å². The molecule has 0 heterocycles. The number of unbranched alkanes of at least 4 members (excludes halogenated alkanes) is 2. The second-order valence-electron chi connectivity index (χ2n) is 4.52. The normalized spacial score (nSPS) is 10.1. The van der Waals surface area contributed by atoms with Gasteiger partial charge in [0.2, 0.25) is 0 Å². The number of nitrogens with one attached hydrogen (secondary N) is 1. The predicted molar refractivity (Wildman–Crippen MR) is 76.8 cm³/mol. The van der Waals surface area contributed by atoms with Crippen molar-refractivity contribution in [1.82, 2.24) is 0 Å². The fourth-order valence-electron chi connectivity index (χ4n) is 1.91. The van der Waals surface area contributed by atoms with Crippen LogP contribution in [-0.4, -0.2) is 24.5 Å². The van der Waals surface area contributed by atoms with E-state index in [4.69, 9.17) is 0 Å². The highest BCUT2D eigenvalue weighted by Gasteiger charge is 2.12. The van der Waals surface area contributed by atoms with E-state index >= 15 is 0 Å². The molecule has 0 aromatic heterocycles. The number of anilines is 1. The molecule has 0 aliphatic rings. The summed E-state index contributed by atoms with van der Waals surface area (Å²) in [6, 6.07) is 5.00. The van der Waals surface area contributed by atoms with Crippen molar-refractivity contribution in [1.29, 1.82) is 0 Å². The monoisotopic (exact) mass is 280 g/mol. The number of methoxy groups -OCH3 is 1. The van der Waals surface area contributed by atoms with E-state index in [1.165, 1.54) is 13.2 Å². The molecule has 1 aromatic rings. The second-order valence-corrected chi connectivity index (χ2v) is 4.52. The largest absolute Gasteiger partial charge is 0.469 e. The van der Waals surface area contributed by atoms with Crippen molar-refractivity contribution in [3.8, 4) is 0 Å². The summed E-state index contributed by atoms with van der Waals surface area (Å²) in [5, 5.41) is 14.0. The standard InChI is InChI=1S/C14H20N2O4/c1-11-12(7-6-8-13(11)16(18)19)15-10-5-3-4-9-14(17)20-2/h6-8,15H,3-5,9-10H2,1-2H3. The minimum atomic E-state index is -0.378. The molecule has 20 heavy (non-hydrogen) atoms. The molecule has 1 aromatic carbocycles. The molecule has 0 fully saturated rings. The fraction of sp³-hybridized carbons (Fsp3) is 0.500. The van der Waals surface area contributed by atoms with Crippen molar-refractivity contribution >= 4 is 17.3 Å². The molecule has 0 radical (unpaired) electrons. The van der Waals surface area contributed by atoms with Gasteiger partial charge in [-0.25, -0.2) is 0 Å². The maximum atomic E-state index is 10.9. The zero-order chi connectivity index (χ0) is 15.0. The van der Waals surface area contributed by atoms with Gasteiger partial charge in [-0.2, -0.15) is 0 Å². The van der Waals surface area contributed by atoms with Crippen LogP contribution in [0.3, 0.4) is 0 Å². The van der Waals surface area contributed by atoms with Gasteiger partial charge < -0.3 is 10.1 Å². The van der Waals surface area contributed by atoms with Crippen molar-refractivity contribution in [2.24, 2.45) is 0 Å². The Labute approximate surface area is 118 Å². The molecule has 6 heteroatoms. The molecular formula is C14H20N2O4. The topological polar surface area (TPSA) is 81.5 Å². The van der Waals surface area contributed by atoms with Crippen LogP contribution in [0.25, 0.3) is 0 Å².